The van der Waals surface area contributed by atoms with Crippen LogP contribution in [0.2, 0.25) is 0 Å². The number of nitrogens with zero attached hydrogens (tertiary/aromatic N) is 2. The Hall–Kier alpha value is -0.890. The first-order valence-corrected chi connectivity index (χ1v) is 8.36. The summed E-state index contributed by atoms with van der Waals surface area (Å²) in [6, 6.07) is 0. The van der Waals surface area contributed by atoms with Gasteiger partial charge in [0.1, 0.15) is 0 Å². The molecule has 2 N–H and O–H groups in total. The van der Waals surface area contributed by atoms with Crippen LogP contribution in [0.4, 0.5) is 4.79 Å². The molecule has 0 aromatic rings. The van der Waals surface area contributed by atoms with Gasteiger partial charge in [0.15, 0.2) is 0 Å². The van der Waals surface area contributed by atoms with Gasteiger partial charge in [-0.05, 0) is 83.1 Å². The highest BCUT2D eigenvalue weighted by Crippen LogP contribution is 2.23. The fourth-order valence-corrected chi connectivity index (χ4v) is 2.75. The van der Waals surface area contributed by atoms with Crippen LogP contribution in [-0.4, -0.2) is 38.3 Å². The van der Waals surface area contributed by atoms with Gasteiger partial charge in [0.05, 0.1) is 0 Å². The molecule has 0 amide bonds. The van der Waals surface area contributed by atoms with Gasteiger partial charge in [-0.3, -0.25) is 0 Å². The van der Waals surface area contributed by atoms with E-state index in [2.05, 4.69) is 11.2 Å². The Morgan fingerprint density at radius 3 is 0.958 bits per heavy atom. The minimum atomic E-state index is -0.855. The Kier molecular flexibility index (Phi) is 7.28. The summed E-state index contributed by atoms with van der Waals surface area (Å²) in [5.41, 5.74) is 4.44. The minimum Gasteiger partial charge on any atom is -0.321 e. The molecular weight excluding hydrogens is 308 g/mol. The van der Waals surface area contributed by atoms with Crippen LogP contribution in [0.5, 0.6) is 0 Å². The number of hydrazine groups is 2. The van der Waals surface area contributed by atoms with Crippen molar-refractivity contribution in [2.24, 2.45) is 0 Å². The first-order valence-electron chi connectivity index (χ1n) is 8.36. The number of carbonyl (C=O) groups is 1. The minimum absolute atomic E-state index is 0.241. The molecule has 0 aromatic carbocycles. The number of nitrogens with one attached hydrogen (secondary N) is 2. The second kappa shape index (κ2) is 7.56. The Balaban J connectivity index is 4.75. The molecule has 24 heavy (non-hydrogen) atoms. The lowest BCUT2D eigenvalue weighted by atomic mass is 9.99. The van der Waals surface area contributed by atoms with Gasteiger partial charge in [0, 0.05) is 22.2 Å². The van der Waals surface area contributed by atoms with Crippen molar-refractivity contribution in [1.82, 2.24) is 21.2 Å². The van der Waals surface area contributed by atoms with Gasteiger partial charge in [0.2, 0.25) is 0 Å². The summed E-state index contributed by atoms with van der Waals surface area (Å²) < 4.78 is 0. The van der Waals surface area contributed by atoms with Crippen molar-refractivity contribution < 1.29 is 14.5 Å². The SMILES string of the molecule is CC(C)(C)N(NOC(=O)ONN(C(C)(C)C)C(C)(C)C)C(C)(C)C. The largest absolute Gasteiger partial charge is 0.549 e. The highest BCUT2D eigenvalue weighted by molar-refractivity contribution is 5.58. The monoisotopic (exact) mass is 346 g/mol. The molecular formula is C17H38N4O3. The molecule has 7 heteroatoms. The zero-order valence-electron chi connectivity index (χ0n) is 17.6. The predicted molar refractivity (Wildman–Crippen MR) is 96.5 cm³/mol. The van der Waals surface area contributed by atoms with Gasteiger partial charge in [-0.2, -0.15) is 4.79 Å². The highest BCUT2D eigenvalue weighted by Gasteiger charge is 2.34. The van der Waals surface area contributed by atoms with Crippen LogP contribution in [0, 0.1) is 0 Å². The van der Waals surface area contributed by atoms with E-state index >= 15 is 0 Å². The van der Waals surface area contributed by atoms with Crippen molar-refractivity contribution in [3.63, 3.8) is 0 Å². The molecule has 144 valence electrons. The van der Waals surface area contributed by atoms with E-state index in [-0.39, 0.29) is 22.2 Å². The van der Waals surface area contributed by atoms with E-state index in [0.717, 1.165) is 0 Å². The smallest absolute Gasteiger partial charge is 0.321 e. The van der Waals surface area contributed by atoms with Gasteiger partial charge in [0.25, 0.3) is 0 Å². The second-order valence-electron chi connectivity index (χ2n) is 9.99. The third-order valence-electron chi connectivity index (χ3n) is 3.12. The number of carbonyl (C=O) groups excluding carboxylic acids is 1. The summed E-state index contributed by atoms with van der Waals surface area (Å²) in [6.07, 6.45) is -0.855. The third-order valence-corrected chi connectivity index (χ3v) is 3.12. The van der Waals surface area contributed by atoms with Crippen molar-refractivity contribution in [2.75, 3.05) is 0 Å². The van der Waals surface area contributed by atoms with Crippen LogP contribution < -0.4 is 11.2 Å². The number of rotatable bonds is 4. The molecule has 7 nitrogen and oxygen atoms in total. The molecule has 0 unspecified atom stereocenters. The molecule has 0 rings (SSSR count). The van der Waals surface area contributed by atoms with E-state index in [1.807, 2.05) is 93.1 Å². The van der Waals surface area contributed by atoms with Crippen LogP contribution in [0.3, 0.4) is 0 Å². The van der Waals surface area contributed by atoms with Crippen molar-refractivity contribution >= 4 is 6.16 Å². The summed E-state index contributed by atoms with van der Waals surface area (Å²) in [4.78, 5) is 22.1. The van der Waals surface area contributed by atoms with E-state index in [1.54, 1.807) is 0 Å². The molecule has 0 saturated carbocycles. The Morgan fingerprint density at radius 2 is 0.792 bits per heavy atom. The van der Waals surface area contributed by atoms with Gasteiger partial charge < -0.3 is 9.68 Å². The Bertz CT molecular complexity index is 346. The maximum atomic E-state index is 11.9. The fourth-order valence-electron chi connectivity index (χ4n) is 2.75. The van der Waals surface area contributed by atoms with Crippen molar-refractivity contribution in [2.45, 2.75) is 105 Å². The molecule has 0 spiro atoms. The molecule has 0 fully saturated rings. The number of hydrogen-bond donors (Lipinski definition) is 2. The van der Waals surface area contributed by atoms with Crippen LogP contribution in [0.25, 0.3) is 0 Å². The van der Waals surface area contributed by atoms with E-state index < -0.39 is 6.16 Å². The molecule has 0 aliphatic heterocycles. The van der Waals surface area contributed by atoms with Gasteiger partial charge in [-0.25, -0.2) is 10.0 Å². The average molecular weight is 347 g/mol. The summed E-state index contributed by atoms with van der Waals surface area (Å²) in [5, 5.41) is 3.71. The molecule has 0 atom stereocenters. The van der Waals surface area contributed by atoms with Gasteiger partial charge >= 0.3 is 6.16 Å². The van der Waals surface area contributed by atoms with Crippen molar-refractivity contribution in [3.05, 3.63) is 0 Å². The van der Waals surface area contributed by atoms with E-state index in [4.69, 9.17) is 9.68 Å². The summed E-state index contributed by atoms with van der Waals surface area (Å²) in [6.45, 7) is 24.3. The van der Waals surface area contributed by atoms with E-state index in [1.165, 1.54) is 0 Å². The number of hydrogen-bond acceptors (Lipinski definition) is 7. The molecule has 0 saturated heterocycles. The lowest BCUT2D eigenvalue weighted by molar-refractivity contribution is -0.178. The zero-order chi connectivity index (χ0) is 19.6. The summed E-state index contributed by atoms with van der Waals surface area (Å²) >= 11 is 0. The average Bonchev–Trinajstić information content (AvgIpc) is 2.21. The standard InChI is InChI=1S/C17H38N4O3/c1-14(2,3)20(15(4,5)6)18-23-13(22)24-19-21(16(7,8)9)17(10,11)12/h18-19H,1-12H3. The summed E-state index contributed by atoms with van der Waals surface area (Å²) in [5.74, 6) is 0. The van der Waals surface area contributed by atoms with Gasteiger partial charge in [-0.15, -0.1) is 0 Å². The van der Waals surface area contributed by atoms with Crippen LogP contribution >= 0.6 is 0 Å². The molecule has 0 aromatic heterocycles. The van der Waals surface area contributed by atoms with E-state index in [9.17, 15) is 4.79 Å². The zero-order valence-corrected chi connectivity index (χ0v) is 17.6. The lowest BCUT2D eigenvalue weighted by Gasteiger charge is -2.44. The Labute approximate surface area is 147 Å². The summed E-state index contributed by atoms with van der Waals surface area (Å²) in [7, 11) is 0. The topological polar surface area (TPSA) is 66.1 Å². The third kappa shape index (κ3) is 7.79. The molecule has 0 heterocycles. The lowest BCUT2D eigenvalue weighted by Crippen LogP contribution is -2.61. The second-order valence-corrected chi connectivity index (χ2v) is 9.99. The maximum Gasteiger partial charge on any atom is 0.549 e. The predicted octanol–water partition coefficient (Wildman–Crippen LogP) is 3.78. The highest BCUT2D eigenvalue weighted by atomic mass is 16.9. The molecule has 0 bridgehead atoms. The van der Waals surface area contributed by atoms with Crippen molar-refractivity contribution in [3.8, 4) is 0 Å². The normalized spacial score (nSPS) is 14.2. The van der Waals surface area contributed by atoms with Crippen molar-refractivity contribution in [1.29, 1.82) is 0 Å². The van der Waals surface area contributed by atoms with Crippen LogP contribution in [0.15, 0.2) is 0 Å². The van der Waals surface area contributed by atoms with E-state index in [0.29, 0.717) is 0 Å². The molecule has 0 aliphatic rings. The van der Waals surface area contributed by atoms with Gasteiger partial charge in [-0.1, -0.05) is 11.2 Å². The van der Waals surface area contributed by atoms with Crippen LogP contribution in [0.1, 0.15) is 83.1 Å². The molecule has 0 radical (unpaired) electrons. The first kappa shape index (κ1) is 23.1. The fraction of sp³-hybridized carbons (Fsp3) is 0.941. The Morgan fingerprint density at radius 1 is 0.583 bits per heavy atom. The quantitative estimate of drug-likeness (QED) is 0.751. The first-order chi connectivity index (χ1) is 10.4. The van der Waals surface area contributed by atoms with Crippen LogP contribution in [-0.2, 0) is 9.68 Å². The molecule has 0 aliphatic carbocycles. The maximum absolute atomic E-state index is 11.9.